The average Bonchev–Trinajstić information content (AvgIpc) is 2.08. The third-order valence-electron chi connectivity index (χ3n) is 1.19. The van der Waals surface area contributed by atoms with Crippen molar-refractivity contribution in [3.63, 3.8) is 0 Å². The number of halogens is 5. The molecule has 0 bridgehead atoms. The molecular formula is C6HCl3F2S. The number of hydrogen-bond acceptors (Lipinski definition) is 1. The lowest BCUT2D eigenvalue weighted by atomic mass is 10.3. The van der Waals surface area contributed by atoms with Crippen molar-refractivity contribution in [2.24, 2.45) is 0 Å². The van der Waals surface area contributed by atoms with E-state index in [9.17, 15) is 8.78 Å². The summed E-state index contributed by atoms with van der Waals surface area (Å²) >= 11 is 19.6. The Kier molecular flexibility index (Phi) is 3.10. The standard InChI is InChI=1S/C6HCl3F2S/c7-1-2(8)6(12)5(11)3(9)4(1)10/h12H. The summed E-state index contributed by atoms with van der Waals surface area (Å²) in [5.74, 6) is -2.08. The molecule has 0 saturated carbocycles. The molecule has 12 heavy (non-hydrogen) atoms. The fourth-order valence-electron chi connectivity index (χ4n) is 0.593. The van der Waals surface area contributed by atoms with Crippen molar-refractivity contribution >= 4 is 47.4 Å². The lowest BCUT2D eigenvalue weighted by Gasteiger charge is -2.04. The van der Waals surface area contributed by atoms with Crippen LogP contribution in [-0.4, -0.2) is 0 Å². The Hall–Kier alpha value is 0.300. The summed E-state index contributed by atoms with van der Waals surface area (Å²) in [5.41, 5.74) is 0. The second-order valence-electron chi connectivity index (χ2n) is 1.92. The van der Waals surface area contributed by atoms with Gasteiger partial charge in [0, 0.05) is 0 Å². The molecule has 0 atom stereocenters. The fraction of sp³-hybridized carbons (Fsp3) is 0. The molecule has 0 radical (unpaired) electrons. The van der Waals surface area contributed by atoms with Gasteiger partial charge < -0.3 is 0 Å². The third kappa shape index (κ3) is 1.51. The molecule has 66 valence electrons. The highest BCUT2D eigenvalue weighted by molar-refractivity contribution is 7.80. The van der Waals surface area contributed by atoms with Gasteiger partial charge in [-0.15, -0.1) is 12.6 Å². The summed E-state index contributed by atoms with van der Waals surface area (Å²) in [6, 6.07) is 0. The normalized spacial score (nSPS) is 10.5. The summed E-state index contributed by atoms with van der Waals surface area (Å²) in [4.78, 5) is -0.256. The molecule has 0 heterocycles. The van der Waals surface area contributed by atoms with Crippen LogP contribution in [-0.2, 0) is 0 Å². The van der Waals surface area contributed by atoms with E-state index in [0.717, 1.165) is 0 Å². The van der Waals surface area contributed by atoms with Crippen LogP contribution in [0.4, 0.5) is 8.78 Å². The molecule has 1 aromatic rings. The Morgan fingerprint density at radius 2 is 1.33 bits per heavy atom. The van der Waals surface area contributed by atoms with Gasteiger partial charge in [0.2, 0.25) is 0 Å². The topological polar surface area (TPSA) is 0 Å². The van der Waals surface area contributed by atoms with E-state index in [1.807, 2.05) is 0 Å². The molecule has 0 saturated heterocycles. The van der Waals surface area contributed by atoms with Crippen LogP contribution >= 0.6 is 47.4 Å². The molecule has 0 unspecified atom stereocenters. The SMILES string of the molecule is Fc1c(S)c(Cl)c(Cl)c(F)c1Cl. The first-order chi connectivity index (χ1) is 5.46. The molecule has 0 aliphatic rings. The van der Waals surface area contributed by atoms with Gasteiger partial charge in [-0.05, 0) is 0 Å². The highest BCUT2D eigenvalue weighted by atomic mass is 35.5. The van der Waals surface area contributed by atoms with E-state index in [1.54, 1.807) is 0 Å². The smallest absolute Gasteiger partial charge is 0.164 e. The van der Waals surface area contributed by atoms with Crippen LogP contribution in [0.5, 0.6) is 0 Å². The van der Waals surface area contributed by atoms with Crippen LogP contribution < -0.4 is 0 Å². The van der Waals surface area contributed by atoms with E-state index in [2.05, 4.69) is 12.6 Å². The average molecular weight is 249 g/mol. The maximum atomic E-state index is 12.8. The molecule has 0 amide bonds. The second kappa shape index (κ2) is 3.58. The van der Waals surface area contributed by atoms with Crippen molar-refractivity contribution in [1.29, 1.82) is 0 Å². The summed E-state index contributed by atoms with van der Waals surface area (Å²) in [6.07, 6.45) is 0. The van der Waals surface area contributed by atoms with E-state index in [-0.39, 0.29) is 9.92 Å². The second-order valence-corrected chi connectivity index (χ2v) is 3.50. The van der Waals surface area contributed by atoms with Gasteiger partial charge in [-0.1, -0.05) is 34.8 Å². The third-order valence-corrected chi connectivity index (χ3v) is 2.90. The molecule has 0 fully saturated rings. The lowest BCUT2D eigenvalue weighted by molar-refractivity contribution is 0.567. The van der Waals surface area contributed by atoms with Crippen LogP contribution in [0.25, 0.3) is 0 Å². The minimum atomic E-state index is -1.07. The van der Waals surface area contributed by atoms with Gasteiger partial charge in [0.25, 0.3) is 0 Å². The summed E-state index contributed by atoms with van der Waals surface area (Å²) in [7, 11) is 0. The van der Waals surface area contributed by atoms with Crippen molar-refractivity contribution in [3.05, 3.63) is 26.7 Å². The van der Waals surface area contributed by atoms with E-state index >= 15 is 0 Å². The molecule has 1 rings (SSSR count). The van der Waals surface area contributed by atoms with Gasteiger partial charge in [-0.2, -0.15) is 0 Å². The van der Waals surface area contributed by atoms with Crippen molar-refractivity contribution in [2.75, 3.05) is 0 Å². The number of thiol groups is 1. The Labute approximate surface area is 87.8 Å². The molecule has 0 nitrogen and oxygen atoms in total. The van der Waals surface area contributed by atoms with E-state index in [0.29, 0.717) is 0 Å². The molecule has 0 aliphatic carbocycles. The van der Waals surface area contributed by atoms with Gasteiger partial charge in [-0.25, -0.2) is 8.78 Å². The largest absolute Gasteiger partial charge is 0.204 e. The predicted molar refractivity (Wildman–Crippen MR) is 48.6 cm³/mol. The highest BCUT2D eigenvalue weighted by Gasteiger charge is 2.19. The minimum Gasteiger partial charge on any atom is -0.204 e. The van der Waals surface area contributed by atoms with Gasteiger partial charge in [-0.3, -0.25) is 0 Å². The van der Waals surface area contributed by atoms with Crippen LogP contribution in [0.3, 0.4) is 0 Å². The fourth-order valence-corrected chi connectivity index (χ4v) is 1.54. The predicted octanol–water partition coefficient (Wildman–Crippen LogP) is 4.21. The molecule has 6 heteroatoms. The number of hydrogen-bond donors (Lipinski definition) is 1. The monoisotopic (exact) mass is 248 g/mol. The zero-order chi connectivity index (χ0) is 9.46. The first-order valence-corrected chi connectivity index (χ1v) is 4.25. The van der Waals surface area contributed by atoms with Crippen molar-refractivity contribution in [3.8, 4) is 0 Å². The maximum Gasteiger partial charge on any atom is 0.164 e. The zero-order valence-corrected chi connectivity index (χ0v) is 8.50. The Balaban J connectivity index is 3.60. The number of benzene rings is 1. The molecular weight excluding hydrogens is 248 g/mol. The molecule has 0 spiro atoms. The van der Waals surface area contributed by atoms with Crippen LogP contribution in [0.1, 0.15) is 0 Å². The minimum absolute atomic E-state index is 0.256. The Bertz CT molecular complexity index is 235. The molecule has 0 N–H and O–H groups in total. The molecule has 0 aromatic heterocycles. The first-order valence-electron chi connectivity index (χ1n) is 2.67. The summed E-state index contributed by atoms with van der Waals surface area (Å²) in [5, 5.41) is -1.40. The van der Waals surface area contributed by atoms with Gasteiger partial charge in [0.05, 0.1) is 14.9 Å². The van der Waals surface area contributed by atoms with E-state index in [1.165, 1.54) is 0 Å². The number of rotatable bonds is 0. The van der Waals surface area contributed by atoms with Crippen LogP contribution in [0.2, 0.25) is 15.1 Å². The van der Waals surface area contributed by atoms with Crippen LogP contribution in [0, 0.1) is 11.6 Å². The van der Waals surface area contributed by atoms with Crippen molar-refractivity contribution in [1.82, 2.24) is 0 Å². The first kappa shape index (κ1) is 10.4. The van der Waals surface area contributed by atoms with Gasteiger partial charge >= 0.3 is 0 Å². The van der Waals surface area contributed by atoms with Crippen molar-refractivity contribution in [2.45, 2.75) is 4.90 Å². The van der Waals surface area contributed by atoms with E-state index in [4.69, 9.17) is 34.8 Å². The summed E-state index contributed by atoms with van der Waals surface area (Å²) in [6.45, 7) is 0. The molecule has 1 aromatic carbocycles. The van der Waals surface area contributed by atoms with Crippen molar-refractivity contribution < 1.29 is 8.78 Å². The highest BCUT2D eigenvalue weighted by Crippen LogP contribution is 2.37. The zero-order valence-electron chi connectivity index (χ0n) is 5.34. The quantitative estimate of drug-likeness (QED) is 0.397. The maximum absolute atomic E-state index is 12.8. The van der Waals surface area contributed by atoms with Gasteiger partial charge in [0.15, 0.2) is 11.6 Å². The molecule has 0 aliphatic heterocycles. The summed E-state index contributed by atoms with van der Waals surface area (Å²) < 4.78 is 25.7. The Morgan fingerprint density at radius 3 is 1.83 bits per heavy atom. The van der Waals surface area contributed by atoms with Crippen LogP contribution in [0.15, 0.2) is 4.90 Å². The van der Waals surface area contributed by atoms with Gasteiger partial charge in [0.1, 0.15) is 5.02 Å². The van der Waals surface area contributed by atoms with E-state index < -0.39 is 21.7 Å². The Morgan fingerprint density at radius 1 is 0.833 bits per heavy atom. The lowest BCUT2D eigenvalue weighted by Crippen LogP contribution is -1.89.